The molecule has 1 aliphatic heterocycles. The van der Waals surface area contributed by atoms with Crippen LogP contribution < -0.4 is 4.74 Å². The maximum atomic E-state index is 12.9. The van der Waals surface area contributed by atoms with Crippen molar-refractivity contribution in [2.45, 2.75) is 64.0 Å². The highest BCUT2D eigenvalue weighted by molar-refractivity contribution is 5.76. The standard InChI is InChI=1S/C21H26FN3O3/c22-16-8-10-17(11-9-16)27-14-19-23-21(24-28-19)18-6-3-13-25(18)20(26)12-7-15-4-1-2-5-15/h8-11,15,18H,1-7,12-14H2. The number of benzene rings is 1. The van der Waals surface area contributed by atoms with E-state index in [2.05, 4.69) is 10.1 Å². The van der Waals surface area contributed by atoms with Crippen LogP contribution in [0.25, 0.3) is 0 Å². The van der Waals surface area contributed by atoms with E-state index < -0.39 is 0 Å². The fourth-order valence-electron chi connectivity index (χ4n) is 4.24. The molecule has 7 heteroatoms. The second-order valence-corrected chi connectivity index (χ2v) is 7.72. The molecule has 0 bridgehead atoms. The lowest BCUT2D eigenvalue weighted by molar-refractivity contribution is -0.132. The number of aromatic nitrogens is 2. The van der Waals surface area contributed by atoms with Crippen molar-refractivity contribution >= 4 is 5.91 Å². The molecule has 1 aromatic heterocycles. The van der Waals surface area contributed by atoms with Crippen LogP contribution >= 0.6 is 0 Å². The van der Waals surface area contributed by atoms with Crippen LogP contribution in [0.1, 0.15) is 69.1 Å². The molecule has 2 aliphatic rings. The molecule has 150 valence electrons. The number of likely N-dealkylation sites (tertiary alicyclic amines) is 1. The molecule has 1 aliphatic carbocycles. The van der Waals surface area contributed by atoms with E-state index in [-0.39, 0.29) is 24.4 Å². The zero-order valence-electron chi connectivity index (χ0n) is 16.0. The first-order chi connectivity index (χ1) is 13.7. The van der Waals surface area contributed by atoms with Crippen LogP contribution in [0.15, 0.2) is 28.8 Å². The summed E-state index contributed by atoms with van der Waals surface area (Å²) in [6, 6.07) is 5.66. The summed E-state index contributed by atoms with van der Waals surface area (Å²) in [5, 5.41) is 4.07. The van der Waals surface area contributed by atoms with Gasteiger partial charge in [0.15, 0.2) is 12.4 Å². The average Bonchev–Trinajstić information content (AvgIpc) is 3.47. The predicted molar refractivity (Wildman–Crippen MR) is 99.9 cm³/mol. The van der Waals surface area contributed by atoms with E-state index in [9.17, 15) is 9.18 Å². The molecular weight excluding hydrogens is 361 g/mol. The van der Waals surface area contributed by atoms with Crippen LogP contribution in [-0.2, 0) is 11.4 Å². The Morgan fingerprint density at radius 2 is 1.96 bits per heavy atom. The maximum Gasteiger partial charge on any atom is 0.264 e. The molecule has 4 rings (SSSR count). The highest BCUT2D eigenvalue weighted by Crippen LogP contribution is 2.33. The van der Waals surface area contributed by atoms with E-state index in [1.165, 1.54) is 37.8 Å². The lowest BCUT2D eigenvalue weighted by Crippen LogP contribution is -2.31. The second-order valence-electron chi connectivity index (χ2n) is 7.72. The average molecular weight is 387 g/mol. The van der Waals surface area contributed by atoms with Gasteiger partial charge in [0.25, 0.3) is 5.89 Å². The zero-order valence-corrected chi connectivity index (χ0v) is 16.0. The number of hydrogen-bond acceptors (Lipinski definition) is 5. The van der Waals surface area contributed by atoms with E-state index in [1.54, 1.807) is 12.1 Å². The van der Waals surface area contributed by atoms with Crippen LogP contribution in [0.5, 0.6) is 5.75 Å². The molecule has 1 unspecified atom stereocenters. The molecule has 1 amide bonds. The van der Waals surface area contributed by atoms with Crippen LogP contribution in [0.4, 0.5) is 4.39 Å². The lowest BCUT2D eigenvalue weighted by atomic mass is 10.0. The summed E-state index contributed by atoms with van der Waals surface area (Å²) in [6.45, 7) is 0.866. The fourth-order valence-corrected chi connectivity index (χ4v) is 4.24. The third-order valence-corrected chi connectivity index (χ3v) is 5.77. The molecule has 1 saturated carbocycles. The van der Waals surface area contributed by atoms with E-state index in [0.717, 1.165) is 25.8 Å². The summed E-state index contributed by atoms with van der Waals surface area (Å²) in [7, 11) is 0. The number of ether oxygens (including phenoxy) is 1. The lowest BCUT2D eigenvalue weighted by Gasteiger charge is -2.23. The first kappa shape index (κ1) is 18.9. The van der Waals surface area contributed by atoms with E-state index in [1.807, 2.05) is 4.90 Å². The summed E-state index contributed by atoms with van der Waals surface area (Å²) in [5.74, 6) is 2.03. The van der Waals surface area contributed by atoms with Crippen LogP contribution in [0, 0.1) is 11.7 Å². The van der Waals surface area contributed by atoms with Gasteiger partial charge in [-0.05, 0) is 49.4 Å². The molecule has 0 N–H and O–H groups in total. The molecule has 2 heterocycles. The number of halogens is 1. The molecule has 2 fully saturated rings. The summed E-state index contributed by atoms with van der Waals surface area (Å²) in [4.78, 5) is 19.0. The second kappa shape index (κ2) is 8.71. The van der Waals surface area contributed by atoms with Gasteiger partial charge in [-0.15, -0.1) is 0 Å². The molecule has 0 radical (unpaired) electrons. The van der Waals surface area contributed by atoms with Crippen LogP contribution in [-0.4, -0.2) is 27.5 Å². The Hall–Kier alpha value is -2.44. The molecule has 1 atom stereocenters. The Bertz CT molecular complexity index is 786. The normalized spacial score (nSPS) is 20.0. The Kier molecular flexibility index (Phi) is 5.88. The zero-order chi connectivity index (χ0) is 19.3. The third kappa shape index (κ3) is 4.51. The Morgan fingerprint density at radius 3 is 2.75 bits per heavy atom. The largest absolute Gasteiger partial charge is 0.484 e. The van der Waals surface area contributed by atoms with Gasteiger partial charge in [-0.3, -0.25) is 4.79 Å². The first-order valence-electron chi connectivity index (χ1n) is 10.2. The number of hydrogen-bond donors (Lipinski definition) is 0. The van der Waals surface area contributed by atoms with E-state index in [4.69, 9.17) is 9.26 Å². The van der Waals surface area contributed by atoms with E-state index >= 15 is 0 Å². The number of amides is 1. The first-order valence-corrected chi connectivity index (χ1v) is 10.2. The molecule has 6 nitrogen and oxygen atoms in total. The molecular formula is C21H26FN3O3. The smallest absolute Gasteiger partial charge is 0.264 e. The SMILES string of the molecule is O=C(CCC1CCCC1)N1CCCC1c1noc(COc2ccc(F)cc2)n1. The number of carbonyl (C=O) groups excluding carboxylic acids is 1. The topological polar surface area (TPSA) is 68.5 Å². The van der Waals surface area contributed by atoms with E-state index in [0.29, 0.717) is 29.8 Å². The molecule has 2 aromatic rings. The molecule has 1 aromatic carbocycles. The predicted octanol–water partition coefficient (Wildman–Crippen LogP) is 4.42. The minimum absolute atomic E-state index is 0.112. The summed E-state index contributed by atoms with van der Waals surface area (Å²) >= 11 is 0. The van der Waals surface area contributed by atoms with Crippen molar-refractivity contribution in [3.8, 4) is 5.75 Å². The Balaban J connectivity index is 1.32. The van der Waals surface area contributed by atoms with Crippen molar-refractivity contribution in [3.63, 3.8) is 0 Å². The van der Waals surface area contributed by atoms with Crippen molar-refractivity contribution in [1.29, 1.82) is 0 Å². The fraction of sp³-hybridized carbons (Fsp3) is 0.571. The minimum atomic E-state index is -0.314. The summed E-state index contributed by atoms with van der Waals surface area (Å²) in [5.41, 5.74) is 0. The minimum Gasteiger partial charge on any atom is -0.484 e. The van der Waals surface area contributed by atoms with Gasteiger partial charge in [0, 0.05) is 13.0 Å². The van der Waals surface area contributed by atoms with Gasteiger partial charge in [0.1, 0.15) is 11.6 Å². The monoisotopic (exact) mass is 387 g/mol. The number of carbonyl (C=O) groups is 1. The quantitative estimate of drug-likeness (QED) is 0.703. The summed E-state index contributed by atoms with van der Waals surface area (Å²) in [6.07, 6.45) is 8.54. The van der Waals surface area contributed by atoms with Crippen molar-refractivity contribution in [2.75, 3.05) is 6.54 Å². The van der Waals surface area contributed by atoms with Gasteiger partial charge in [0.2, 0.25) is 5.91 Å². The Morgan fingerprint density at radius 1 is 1.18 bits per heavy atom. The highest BCUT2D eigenvalue weighted by atomic mass is 19.1. The van der Waals surface area contributed by atoms with Crippen LogP contribution in [0.3, 0.4) is 0 Å². The van der Waals surface area contributed by atoms with Gasteiger partial charge < -0.3 is 14.2 Å². The van der Waals surface area contributed by atoms with Gasteiger partial charge in [0.05, 0.1) is 6.04 Å². The van der Waals surface area contributed by atoms with Crippen LogP contribution in [0.2, 0.25) is 0 Å². The highest BCUT2D eigenvalue weighted by Gasteiger charge is 2.33. The van der Waals surface area contributed by atoms with Gasteiger partial charge in [-0.2, -0.15) is 4.98 Å². The van der Waals surface area contributed by atoms with Gasteiger partial charge in [-0.25, -0.2) is 4.39 Å². The van der Waals surface area contributed by atoms with Gasteiger partial charge in [-0.1, -0.05) is 30.8 Å². The Labute approximate surface area is 164 Å². The number of nitrogens with zero attached hydrogens (tertiary/aromatic N) is 3. The summed E-state index contributed by atoms with van der Waals surface area (Å²) < 4.78 is 23.8. The van der Waals surface area contributed by atoms with Crippen molar-refractivity contribution in [2.24, 2.45) is 5.92 Å². The number of rotatable bonds is 7. The molecule has 28 heavy (non-hydrogen) atoms. The molecule has 0 spiro atoms. The van der Waals surface area contributed by atoms with Crippen molar-refractivity contribution in [3.05, 3.63) is 41.8 Å². The van der Waals surface area contributed by atoms with Crippen molar-refractivity contribution in [1.82, 2.24) is 15.0 Å². The van der Waals surface area contributed by atoms with Crippen molar-refractivity contribution < 1.29 is 18.4 Å². The van der Waals surface area contributed by atoms with Gasteiger partial charge >= 0.3 is 0 Å². The molecule has 1 saturated heterocycles. The maximum absolute atomic E-state index is 12.9. The third-order valence-electron chi connectivity index (χ3n) is 5.77.